The zero-order chi connectivity index (χ0) is 17.0. The van der Waals surface area contributed by atoms with Crippen LogP contribution in [0.5, 0.6) is 5.75 Å². The molecular formula is C17H28N2O3. The minimum Gasteiger partial charge on any atom is -0.508 e. The first-order chi connectivity index (χ1) is 9.98. The third-order valence-electron chi connectivity index (χ3n) is 3.08. The maximum absolute atomic E-state index is 11.8. The minimum absolute atomic E-state index is 0.111. The van der Waals surface area contributed by atoms with Gasteiger partial charge in [0, 0.05) is 12.6 Å². The lowest BCUT2D eigenvalue weighted by molar-refractivity contribution is 0.0471. The van der Waals surface area contributed by atoms with Crippen LogP contribution in [0.4, 0.5) is 4.79 Å². The first kappa shape index (κ1) is 18.3. The van der Waals surface area contributed by atoms with Gasteiger partial charge in [-0.3, -0.25) is 0 Å². The Hall–Kier alpha value is -1.75. The number of alkyl carbamates (subject to hydrolysis) is 1. The standard InChI is InChI=1S/C17H28N2O3/c1-12(13-7-9-14(20)10-8-13)18-11-17(5,6)19-15(21)22-16(2,3)4/h7-10,12,18,20H,11H2,1-6H3,(H,19,21). The predicted molar refractivity (Wildman–Crippen MR) is 88.0 cm³/mol. The summed E-state index contributed by atoms with van der Waals surface area (Å²) in [6, 6.07) is 7.19. The molecule has 0 fully saturated rings. The fourth-order valence-electron chi connectivity index (χ4n) is 1.91. The zero-order valence-electron chi connectivity index (χ0n) is 14.4. The van der Waals surface area contributed by atoms with Gasteiger partial charge in [0.25, 0.3) is 0 Å². The Morgan fingerprint density at radius 2 is 1.73 bits per heavy atom. The number of benzene rings is 1. The smallest absolute Gasteiger partial charge is 0.408 e. The molecule has 1 atom stereocenters. The molecule has 22 heavy (non-hydrogen) atoms. The van der Waals surface area contributed by atoms with Crippen LogP contribution >= 0.6 is 0 Å². The van der Waals surface area contributed by atoms with Crippen LogP contribution in [0.3, 0.4) is 0 Å². The average Bonchev–Trinajstić information content (AvgIpc) is 2.33. The van der Waals surface area contributed by atoms with Gasteiger partial charge in [-0.1, -0.05) is 12.1 Å². The molecule has 1 rings (SSSR count). The van der Waals surface area contributed by atoms with Crippen molar-refractivity contribution in [2.24, 2.45) is 0 Å². The number of phenolic OH excluding ortho intramolecular Hbond substituents is 1. The van der Waals surface area contributed by atoms with E-state index >= 15 is 0 Å². The second-order valence-corrected chi connectivity index (χ2v) is 7.20. The first-order valence-corrected chi connectivity index (χ1v) is 7.52. The van der Waals surface area contributed by atoms with Gasteiger partial charge in [-0.15, -0.1) is 0 Å². The van der Waals surface area contributed by atoms with Gasteiger partial charge in [-0.25, -0.2) is 4.79 Å². The summed E-state index contributed by atoms with van der Waals surface area (Å²) in [6.07, 6.45) is -0.420. The van der Waals surface area contributed by atoms with Gasteiger partial charge in [-0.2, -0.15) is 0 Å². The monoisotopic (exact) mass is 308 g/mol. The van der Waals surface area contributed by atoms with Crippen molar-refractivity contribution in [1.29, 1.82) is 0 Å². The number of amides is 1. The van der Waals surface area contributed by atoms with Crippen molar-refractivity contribution in [2.45, 2.75) is 58.7 Å². The number of phenols is 1. The normalized spacial score (nSPS) is 13.5. The zero-order valence-corrected chi connectivity index (χ0v) is 14.4. The van der Waals surface area contributed by atoms with E-state index in [4.69, 9.17) is 4.74 Å². The average molecular weight is 308 g/mol. The van der Waals surface area contributed by atoms with Crippen molar-refractivity contribution >= 4 is 6.09 Å². The van der Waals surface area contributed by atoms with E-state index in [0.29, 0.717) is 6.54 Å². The van der Waals surface area contributed by atoms with Crippen LogP contribution in [0.2, 0.25) is 0 Å². The van der Waals surface area contributed by atoms with E-state index in [9.17, 15) is 9.90 Å². The van der Waals surface area contributed by atoms with Crippen LogP contribution in [-0.2, 0) is 4.74 Å². The van der Waals surface area contributed by atoms with Gasteiger partial charge in [0.1, 0.15) is 11.4 Å². The lowest BCUT2D eigenvalue weighted by Gasteiger charge is -2.30. The molecule has 1 aromatic rings. The largest absolute Gasteiger partial charge is 0.508 e. The molecule has 0 radical (unpaired) electrons. The number of aromatic hydroxyl groups is 1. The van der Waals surface area contributed by atoms with Crippen molar-refractivity contribution in [2.75, 3.05) is 6.54 Å². The Bertz CT molecular complexity index is 490. The van der Waals surface area contributed by atoms with Gasteiger partial charge < -0.3 is 20.5 Å². The van der Waals surface area contributed by atoms with E-state index < -0.39 is 17.2 Å². The summed E-state index contributed by atoms with van der Waals surface area (Å²) in [6.45, 7) is 12.0. The summed E-state index contributed by atoms with van der Waals surface area (Å²) in [4.78, 5) is 11.8. The molecule has 1 aromatic carbocycles. The van der Waals surface area contributed by atoms with Gasteiger partial charge in [0.2, 0.25) is 0 Å². The highest BCUT2D eigenvalue weighted by molar-refractivity contribution is 5.68. The summed E-state index contributed by atoms with van der Waals surface area (Å²) < 4.78 is 5.27. The molecule has 0 aliphatic heterocycles. The van der Waals surface area contributed by atoms with E-state index in [0.717, 1.165) is 5.56 Å². The van der Waals surface area contributed by atoms with Crippen LogP contribution in [-0.4, -0.2) is 28.9 Å². The lowest BCUT2D eigenvalue weighted by Crippen LogP contribution is -2.51. The minimum atomic E-state index is -0.507. The molecule has 3 N–H and O–H groups in total. The van der Waals surface area contributed by atoms with Crippen LogP contribution in [0.15, 0.2) is 24.3 Å². The van der Waals surface area contributed by atoms with E-state index in [2.05, 4.69) is 10.6 Å². The summed E-state index contributed by atoms with van der Waals surface area (Å²) >= 11 is 0. The maximum Gasteiger partial charge on any atom is 0.408 e. The molecule has 0 saturated carbocycles. The van der Waals surface area contributed by atoms with Crippen LogP contribution in [0, 0.1) is 0 Å². The molecule has 0 aromatic heterocycles. The van der Waals surface area contributed by atoms with E-state index in [1.165, 1.54) is 0 Å². The molecular weight excluding hydrogens is 280 g/mol. The van der Waals surface area contributed by atoms with E-state index in [-0.39, 0.29) is 11.8 Å². The molecule has 0 spiro atoms. The Balaban J connectivity index is 2.50. The number of carbonyl (C=O) groups excluding carboxylic acids is 1. The third kappa shape index (κ3) is 6.80. The number of carbonyl (C=O) groups is 1. The molecule has 0 aliphatic carbocycles. The maximum atomic E-state index is 11.8. The van der Waals surface area contributed by atoms with E-state index in [1.54, 1.807) is 12.1 Å². The number of hydrogen-bond donors (Lipinski definition) is 3. The second-order valence-electron chi connectivity index (χ2n) is 7.20. The molecule has 1 unspecified atom stereocenters. The molecule has 1 amide bonds. The highest BCUT2D eigenvalue weighted by Crippen LogP contribution is 2.17. The highest BCUT2D eigenvalue weighted by Gasteiger charge is 2.24. The van der Waals surface area contributed by atoms with Gasteiger partial charge in [0.15, 0.2) is 0 Å². The molecule has 0 heterocycles. The number of rotatable bonds is 5. The molecule has 0 bridgehead atoms. The fourth-order valence-corrected chi connectivity index (χ4v) is 1.91. The molecule has 5 heteroatoms. The van der Waals surface area contributed by atoms with Crippen molar-refractivity contribution in [3.63, 3.8) is 0 Å². The Morgan fingerprint density at radius 3 is 2.23 bits per heavy atom. The first-order valence-electron chi connectivity index (χ1n) is 7.52. The Morgan fingerprint density at radius 1 is 1.18 bits per heavy atom. The van der Waals surface area contributed by atoms with Crippen molar-refractivity contribution < 1.29 is 14.6 Å². The van der Waals surface area contributed by atoms with Gasteiger partial charge >= 0.3 is 6.09 Å². The van der Waals surface area contributed by atoms with Crippen molar-refractivity contribution in [1.82, 2.24) is 10.6 Å². The summed E-state index contributed by atoms with van der Waals surface area (Å²) in [7, 11) is 0. The second kappa shape index (κ2) is 7.01. The lowest BCUT2D eigenvalue weighted by atomic mass is 10.0. The SMILES string of the molecule is CC(NCC(C)(C)NC(=O)OC(C)(C)C)c1ccc(O)cc1. The quantitative estimate of drug-likeness (QED) is 0.780. The van der Waals surface area contributed by atoms with Crippen molar-refractivity contribution in [3.8, 4) is 5.75 Å². The number of ether oxygens (including phenoxy) is 1. The van der Waals surface area contributed by atoms with Crippen LogP contribution in [0.25, 0.3) is 0 Å². The molecule has 124 valence electrons. The van der Waals surface area contributed by atoms with Gasteiger partial charge in [0.05, 0.1) is 5.54 Å². The Kier molecular flexibility index (Phi) is 5.83. The van der Waals surface area contributed by atoms with Gasteiger partial charge in [-0.05, 0) is 59.2 Å². The Labute approximate surface area is 133 Å². The summed E-state index contributed by atoms with van der Waals surface area (Å²) in [5.41, 5.74) is 0.131. The summed E-state index contributed by atoms with van der Waals surface area (Å²) in [5.74, 6) is 0.253. The van der Waals surface area contributed by atoms with E-state index in [1.807, 2.05) is 53.7 Å². The highest BCUT2D eigenvalue weighted by atomic mass is 16.6. The molecule has 0 aliphatic rings. The van der Waals surface area contributed by atoms with Crippen molar-refractivity contribution in [3.05, 3.63) is 29.8 Å². The molecule has 5 nitrogen and oxygen atoms in total. The van der Waals surface area contributed by atoms with Crippen LogP contribution in [0.1, 0.15) is 53.1 Å². The molecule has 0 saturated heterocycles. The third-order valence-corrected chi connectivity index (χ3v) is 3.08. The topological polar surface area (TPSA) is 70.6 Å². The predicted octanol–water partition coefficient (Wildman–Crippen LogP) is 3.35. The summed E-state index contributed by atoms with van der Waals surface area (Å²) in [5, 5.41) is 15.5. The number of hydrogen-bond acceptors (Lipinski definition) is 4. The number of nitrogens with one attached hydrogen (secondary N) is 2. The van der Waals surface area contributed by atoms with Crippen LogP contribution < -0.4 is 10.6 Å². The fraction of sp³-hybridized carbons (Fsp3) is 0.588.